The van der Waals surface area contributed by atoms with Gasteiger partial charge in [0.15, 0.2) is 5.11 Å². The minimum absolute atomic E-state index is 0.732. The van der Waals surface area contributed by atoms with Crippen LogP contribution in [0.3, 0.4) is 0 Å². The summed E-state index contributed by atoms with van der Waals surface area (Å²) >= 11 is 5.36. The van der Waals surface area contributed by atoms with Crippen LogP contribution in [0.4, 0.5) is 5.69 Å². The third-order valence-electron chi connectivity index (χ3n) is 3.94. The highest BCUT2D eigenvalue weighted by Crippen LogP contribution is 2.15. The van der Waals surface area contributed by atoms with Gasteiger partial charge >= 0.3 is 0 Å². The first-order valence-corrected chi connectivity index (χ1v) is 8.01. The molecule has 0 unspecified atom stereocenters. The SMILES string of the molecule is Cc1ccc(C)c(NC(=S)NCCC[NH+]2CCCC2)c1. The topological polar surface area (TPSA) is 28.5 Å². The molecule has 0 amide bonds. The molecule has 0 atom stereocenters. The molecule has 1 aliphatic rings. The van der Waals surface area contributed by atoms with Crippen LogP contribution in [0.1, 0.15) is 30.4 Å². The Morgan fingerprint density at radius 2 is 2.00 bits per heavy atom. The molecule has 1 saturated heterocycles. The monoisotopic (exact) mass is 292 g/mol. The van der Waals surface area contributed by atoms with E-state index in [0.29, 0.717) is 0 Å². The van der Waals surface area contributed by atoms with Crippen molar-refractivity contribution in [1.82, 2.24) is 5.32 Å². The molecule has 0 aliphatic carbocycles. The van der Waals surface area contributed by atoms with Crippen molar-refractivity contribution in [3.05, 3.63) is 29.3 Å². The number of quaternary nitrogens is 1. The number of likely N-dealkylation sites (tertiary alicyclic amines) is 1. The molecule has 0 aromatic heterocycles. The maximum absolute atomic E-state index is 5.36. The first-order valence-electron chi connectivity index (χ1n) is 7.61. The summed E-state index contributed by atoms with van der Waals surface area (Å²) in [6.07, 6.45) is 3.98. The molecule has 3 nitrogen and oxygen atoms in total. The van der Waals surface area contributed by atoms with E-state index in [4.69, 9.17) is 12.2 Å². The number of rotatable bonds is 5. The van der Waals surface area contributed by atoms with Gasteiger partial charge in [-0.1, -0.05) is 12.1 Å². The summed E-state index contributed by atoms with van der Waals surface area (Å²) in [6, 6.07) is 6.38. The second-order valence-electron chi connectivity index (χ2n) is 5.76. The van der Waals surface area contributed by atoms with Gasteiger partial charge in [-0.05, 0) is 43.3 Å². The molecule has 3 N–H and O–H groups in total. The zero-order chi connectivity index (χ0) is 14.4. The van der Waals surface area contributed by atoms with Crippen molar-refractivity contribution in [2.24, 2.45) is 0 Å². The molecule has 0 saturated carbocycles. The number of hydrogen-bond donors (Lipinski definition) is 3. The van der Waals surface area contributed by atoms with Crippen molar-refractivity contribution in [2.45, 2.75) is 33.1 Å². The molecule has 0 spiro atoms. The quantitative estimate of drug-likeness (QED) is 0.569. The lowest BCUT2D eigenvalue weighted by Gasteiger charge is -2.15. The number of anilines is 1. The van der Waals surface area contributed by atoms with Gasteiger partial charge in [-0.2, -0.15) is 0 Å². The van der Waals surface area contributed by atoms with Gasteiger partial charge in [-0.25, -0.2) is 0 Å². The predicted molar refractivity (Wildman–Crippen MR) is 89.6 cm³/mol. The van der Waals surface area contributed by atoms with E-state index in [1.807, 2.05) is 0 Å². The summed E-state index contributed by atoms with van der Waals surface area (Å²) in [5.74, 6) is 0. The smallest absolute Gasteiger partial charge is 0.170 e. The second kappa shape index (κ2) is 7.60. The van der Waals surface area contributed by atoms with E-state index in [-0.39, 0.29) is 0 Å². The summed E-state index contributed by atoms with van der Waals surface area (Å²) in [5, 5.41) is 7.33. The maximum atomic E-state index is 5.36. The summed E-state index contributed by atoms with van der Waals surface area (Å²) in [5.41, 5.74) is 3.58. The van der Waals surface area contributed by atoms with Crippen molar-refractivity contribution >= 4 is 23.0 Å². The van der Waals surface area contributed by atoms with Crippen LogP contribution in [0.5, 0.6) is 0 Å². The van der Waals surface area contributed by atoms with Crippen LogP contribution >= 0.6 is 12.2 Å². The van der Waals surface area contributed by atoms with Crippen molar-refractivity contribution in [3.8, 4) is 0 Å². The van der Waals surface area contributed by atoms with Crippen molar-refractivity contribution in [3.63, 3.8) is 0 Å². The number of nitrogens with one attached hydrogen (secondary N) is 3. The highest BCUT2D eigenvalue weighted by Gasteiger charge is 2.13. The molecule has 1 aliphatic heterocycles. The molecule has 1 aromatic carbocycles. The molecule has 1 heterocycles. The lowest BCUT2D eigenvalue weighted by atomic mass is 10.1. The van der Waals surface area contributed by atoms with Crippen LogP contribution in [-0.4, -0.2) is 31.3 Å². The molecular weight excluding hydrogens is 266 g/mol. The Balaban J connectivity index is 1.68. The zero-order valence-electron chi connectivity index (χ0n) is 12.6. The fourth-order valence-electron chi connectivity index (χ4n) is 2.70. The highest BCUT2D eigenvalue weighted by molar-refractivity contribution is 7.80. The van der Waals surface area contributed by atoms with E-state index in [2.05, 4.69) is 42.7 Å². The van der Waals surface area contributed by atoms with Crippen molar-refractivity contribution in [2.75, 3.05) is 31.5 Å². The zero-order valence-corrected chi connectivity index (χ0v) is 13.4. The van der Waals surface area contributed by atoms with E-state index in [0.717, 1.165) is 17.3 Å². The first kappa shape index (κ1) is 15.3. The van der Waals surface area contributed by atoms with Gasteiger partial charge in [-0.15, -0.1) is 0 Å². The number of thiocarbonyl (C=S) groups is 1. The van der Waals surface area contributed by atoms with Gasteiger partial charge in [0.05, 0.1) is 19.6 Å². The molecule has 20 heavy (non-hydrogen) atoms. The standard InChI is InChI=1S/C16H25N3S/c1-13-6-7-14(2)15(12-13)18-16(20)17-8-5-11-19-9-3-4-10-19/h6-7,12H,3-5,8-11H2,1-2H3,(H2,17,18,20)/p+1. The van der Waals surface area contributed by atoms with Gasteiger partial charge in [0.2, 0.25) is 0 Å². The molecule has 0 bridgehead atoms. The van der Waals surface area contributed by atoms with Gasteiger partial charge in [0.25, 0.3) is 0 Å². The van der Waals surface area contributed by atoms with E-state index in [1.54, 1.807) is 4.90 Å². The summed E-state index contributed by atoms with van der Waals surface area (Å²) in [6.45, 7) is 9.12. The highest BCUT2D eigenvalue weighted by atomic mass is 32.1. The van der Waals surface area contributed by atoms with Gasteiger partial charge in [0, 0.05) is 31.5 Å². The van der Waals surface area contributed by atoms with Crippen LogP contribution < -0.4 is 15.5 Å². The van der Waals surface area contributed by atoms with Crippen LogP contribution in [0, 0.1) is 13.8 Å². The Hall–Kier alpha value is -1.13. The van der Waals surface area contributed by atoms with Gasteiger partial charge in [0.1, 0.15) is 0 Å². The summed E-state index contributed by atoms with van der Waals surface area (Å²) < 4.78 is 0. The van der Waals surface area contributed by atoms with Crippen molar-refractivity contribution < 1.29 is 4.90 Å². The maximum Gasteiger partial charge on any atom is 0.170 e. The Kier molecular flexibility index (Phi) is 5.80. The fourth-order valence-corrected chi connectivity index (χ4v) is 2.91. The van der Waals surface area contributed by atoms with Crippen LogP contribution in [0.2, 0.25) is 0 Å². The molecule has 1 fully saturated rings. The third kappa shape index (κ3) is 4.76. The average Bonchev–Trinajstić information content (AvgIpc) is 2.92. The Labute approximate surface area is 127 Å². The van der Waals surface area contributed by atoms with Crippen LogP contribution in [0.15, 0.2) is 18.2 Å². The summed E-state index contributed by atoms with van der Waals surface area (Å²) in [4.78, 5) is 1.75. The van der Waals surface area contributed by atoms with Crippen LogP contribution in [0.25, 0.3) is 0 Å². The lowest BCUT2D eigenvalue weighted by Crippen LogP contribution is -3.10. The molecule has 4 heteroatoms. The summed E-state index contributed by atoms with van der Waals surface area (Å²) in [7, 11) is 0. The Morgan fingerprint density at radius 1 is 1.25 bits per heavy atom. The van der Waals surface area contributed by atoms with E-state index in [1.165, 1.54) is 50.0 Å². The third-order valence-corrected chi connectivity index (χ3v) is 4.19. The van der Waals surface area contributed by atoms with Crippen LogP contribution in [-0.2, 0) is 0 Å². The van der Waals surface area contributed by atoms with E-state index < -0.39 is 0 Å². The average molecular weight is 292 g/mol. The minimum Gasteiger partial charge on any atom is -0.362 e. The minimum atomic E-state index is 0.732. The number of aryl methyl sites for hydroxylation is 2. The molecule has 1 aromatic rings. The Bertz CT molecular complexity index is 453. The van der Waals surface area contributed by atoms with E-state index >= 15 is 0 Å². The second-order valence-corrected chi connectivity index (χ2v) is 6.17. The molecular formula is C16H26N3S+. The molecule has 110 valence electrons. The fraction of sp³-hybridized carbons (Fsp3) is 0.562. The van der Waals surface area contributed by atoms with E-state index in [9.17, 15) is 0 Å². The lowest BCUT2D eigenvalue weighted by molar-refractivity contribution is -0.887. The van der Waals surface area contributed by atoms with Gasteiger partial charge < -0.3 is 15.5 Å². The van der Waals surface area contributed by atoms with Gasteiger partial charge in [-0.3, -0.25) is 0 Å². The normalized spacial score (nSPS) is 15.3. The molecule has 0 radical (unpaired) electrons. The molecule has 2 rings (SSSR count). The largest absolute Gasteiger partial charge is 0.362 e. The first-order chi connectivity index (χ1) is 9.65. The number of benzene rings is 1. The predicted octanol–water partition coefficient (Wildman–Crippen LogP) is 1.66. The Morgan fingerprint density at radius 3 is 2.75 bits per heavy atom. The van der Waals surface area contributed by atoms with Crippen molar-refractivity contribution in [1.29, 1.82) is 0 Å². The number of hydrogen-bond acceptors (Lipinski definition) is 1.